The van der Waals surface area contributed by atoms with Crippen molar-refractivity contribution in [2.75, 3.05) is 0 Å². The maximum atomic E-state index is 11.8. The number of hydrogen-bond acceptors (Lipinski definition) is 2. The molecule has 0 unspecified atom stereocenters. The first kappa shape index (κ1) is 11.3. The highest BCUT2D eigenvalue weighted by Gasteiger charge is 2.33. The van der Waals surface area contributed by atoms with Gasteiger partial charge in [0.25, 0.3) is 0 Å². The molecule has 1 aromatic heterocycles. The predicted octanol–water partition coefficient (Wildman–Crippen LogP) is 2.19. The molecule has 0 aromatic carbocycles. The van der Waals surface area contributed by atoms with E-state index < -0.39 is 17.5 Å². The van der Waals surface area contributed by atoms with Crippen molar-refractivity contribution in [1.82, 2.24) is 4.98 Å². The summed E-state index contributed by atoms with van der Waals surface area (Å²) in [6.45, 7) is 1.34. The van der Waals surface area contributed by atoms with Crippen LogP contribution in [0.25, 0.3) is 0 Å². The molecule has 0 bridgehead atoms. The topological polar surface area (TPSA) is 42.1 Å². The zero-order valence-electron chi connectivity index (χ0n) is 6.91. The van der Waals surface area contributed by atoms with E-state index in [0.717, 1.165) is 6.07 Å². The van der Waals surface area contributed by atoms with Gasteiger partial charge in [-0.3, -0.25) is 4.79 Å². The fourth-order valence-electron chi connectivity index (χ4n) is 0.880. The van der Waals surface area contributed by atoms with Crippen LogP contribution in [0.1, 0.15) is 5.69 Å². The summed E-state index contributed by atoms with van der Waals surface area (Å²) >= 11 is 1.79. The van der Waals surface area contributed by atoms with Gasteiger partial charge in [0.05, 0.1) is 9.39 Å². The summed E-state index contributed by atoms with van der Waals surface area (Å²) in [7, 11) is 0. The van der Waals surface area contributed by atoms with Gasteiger partial charge in [0.15, 0.2) is 5.75 Å². The molecule has 1 rings (SSSR count). The van der Waals surface area contributed by atoms with Gasteiger partial charge in [-0.05, 0) is 29.5 Å². The average Bonchev–Trinajstić information content (AvgIpc) is 1.95. The highest BCUT2D eigenvalue weighted by atomic mass is 127. The van der Waals surface area contributed by atoms with Crippen molar-refractivity contribution in [2.24, 2.45) is 0 Å². The number of pyridine rings is 1. The second kappa shape index (κ2) is 3.79. The van der Waals surface area contributed by atoms with Crippen LogP contribution in [0, 0.1) is 10.6 Å². The number of rotatable bonds is 1. The largest absolute Gasteiger partial charge is 0.573 e. The molecule has 1 aromatic rings. The number of H-pyrrole nitrogens is 1. The Morgan fingerprint density at radius 3 is 2.50 bits per heavy atom. The summed E-state index contributed by atoms with van der Waals surface area (Å²) in [6.07, 6.45) is -4.84. The normalized spacial score (nSPS) is 11.5. The maximum absolute atomic E-state index is 11.8. The standard InChI is InChI=1S/C7H5F3INO2/c1-3-6(14-7(8,9)10)4(13)2-5(11)12-3/h2H,1H3,(H,12,13). The van der Waals surface area contributed by atoms with Crippen LogP contribution in [0.3, 0.4) is 0 Å². The van der Waals surface area contributed by atoms with E-state index in [1.807, 2.05) is 0 Å². The number of aryl methyl sites for hydroxylation is 1. The van der Waals surface area contributed by atoms with E-state index in [4.69, 9.17) is 0 Å². The van der Waals surface area contributed by atoms with E-state index in [1.165, 1.54) is 6.92 Å². The Kier molecular flexibility index (Phi) is 3.07. The lowest BCUT2D eigenvalue weighted by atomic mass is 10.3. The lowest BCUT2D eigenvalue weighted by Crippen LogP contribution is -2.23. The molecule has 0 saturated heterocycles. The molecular weight excluding hydrogens is 314 g/mol. The van der Waals surface area contributed by atoms with Gasteiger partial charge in [-0.1, -0.05) is 0 Å². The average molecular weight is 319 g/mol. The summed E-state index contributed by atoms with van der Waals surface area (Å²) < 4.78 is 39.5. The minimum atomic E-state index is -4.84. The summed E-state index contributed by atoms with van der Waals surface area (Å²) in [6, 6.07) is 1.04. The fourth-order valence-corrected chi connectivity index (χ4v) is 1.57. The molecule has 7 heteroatoms. The molecule has 3 nitrogen and oxygen atoms in total. The molecule has 0 fully saturated rings. The number of aromatic amines is 1. The number of aromatic nitrogens is 1. The van der Waals surface area contributed by atoms with Crippen LogP contribution in [0.2, 0.25) is 0 Å². The molecule has 14 heavy (non-hydrogen) atoms. The fraction of sp³-hybridized carbons (Fsp3) is 0.286. The number of halogens is 4. The predicted molar refractivity (Wildman–Crippen MR) is 51.2 cm³/mol. The van der Waals surface area contributed by atoms with Crippen molar-refractivity contribution >= 4 is 22.6 Å². The molecule has 0 aliphatic rings. The summed E-state index contributed by atoms with van der Waals surface area (Å²) in [4.78, 5) is 13.7. The van der Waals surface area contributed by atoms with Crippen molar-refractivity contribution in [1.29, 1.82) is 0 Å². The van der Waals surface area contributed by atoms with Crippen LogP contribution < -0.4 is 10.2 Å². The number of nitrogens with one attached hydrogen (secondary N) is 1. The zero-order valence-corrected chi connectivity index (χ0v) is 9.06. The first-order chi connectivity index (χ1) is 6.29. The molecule has 78 valence electrons. The SMILES string of the molecule is Cc1[nH]c(I)cc(=O)c1OC(F)(F)F. The zero-order chi connectivity index (χ0) is 10.9. The van der Waals surface area contributed by atoms with Crippen molar-refractivity contribution in [3.8, 4) is 5.75 Å². The summed E-state index contributed by atoms with van der Waals surface area (Å²) in [5.41, 5.74) is -0.734. The Morgan fingerprint density at radius 2 is 2.07 bits per heavy atom. The number of hydrogen-bond donors (Lipinski definition) is 1. The van der Waals surface area contributed by atoms with E-state index in [1.54, 1.807) is 22.6 Å². The van der Waals surface area contributed by atoms with E-state index >= 15 is 0 Å². The molecule has 0 spiro atoms. The number of alkyl halides is 3. The molecule has 1 N–H and O–H groups in total. The van der Waals surface area contributed by atoms with Gasteiger partial charge < -0.3 is 9.72 Å². The van der Waals surface area contributed by atoms with Crippen LogP contribution in [0.15, 0.2) is 10.9 Å². The number of ether oxygens (including phenoxy) is 1. The van der Waals surface area contributed by atoms with Crippen LogP contribution in [0.5, 0.6) is 5.75 Å². The second-order valence-corrected chi connectivity index (χ2v) is 3.65. The first-order valence-corrected chi connectivity index (χ1v) is 4.52. The molecule has 0 saturated carbocycles. The quantitative estimate of drug-likeness (QED) is 0.637. The Balaban J connectivity index is 3.16. The van der Waals surface area contributed by atoms with Crippen LogP contribution in [0.4, 0.5) is 13.2 Å². The maximum Gasteiger partial charge on any atom is 0.573 e. The van der Waals surface area contributed by atoms with Gasteiger partial charge >= 0.3 is 6.36 Å². The van der Waals surface area contributed by atoms with E-state index in [0.29, 0.717) is 3.70 Å². The van der Waals surface area contributed by atoms with Crippen LogP contribution in [-0.4, -0.2) is 11.3 Å². The monoisotopic (exact) mass is 319 g/mol. The van der Waals surface area contributed by atoms with Gasteiger partial charge in [0.1, 0.15) is 0 Å². The third kappa shape index (κ3) is 2.89. The van der Waals surface area contributed by atoms with Gasteiger partial charge in [-0.15, -0.1) is 13.2 Å². The lowest BCUT2D eigenvalue weighted by molar-refractivity contribution is -0.275. The minimum Gasteiger partial charge on any atom is -0.400 e. The van der Waals surface area contributed by atoms with Gasteiger partial charge in [-0.2, -0.15) is 0 Å². The highest BCUT2D eigenvalue weighted by Crippen LogP contribution is 2.21. The highest BCUT2D eigenvalue weighted by molar-refractivity contribution is 14.1. The van der Waals surface area contributed by atoms with Gasteiger partial charge in [0, 0.05) is 6.07 Å². The third-order valence-electron chi connectivity index (χ3n) is 1.35. The Morgan fingerprint density at radius 1 is 1.50 bits per heavy atom. The summed E-state index contributed by atoms with van der Waals surface area (Å²) in [5.74, 6) is -0.710. The molecule has 0 amide bonds. The van der Waals surface area contributed by atoms with Crippen molar-refractivity contribution in [3.63, 3.8) is 0 Å². The Labute approximate surface area is 90.4 Å². The molecule has 0 aliphatic heterocycles. The molecule has 0 radical (unpaired) electrons. The van der Waals surface area contributed by atoms with Crippen molar-refractivity contribution in [3.05, 3.63) is 25.7 Å². The van der Waals surface area contributed by atoms with E-state index in [2.05, 4.69) is 9.72 Å². The van der Waals surface area contributed by atoms with Gasteiger partial charge in [0.2, 0.25) is 5.43 Å². The minimum absolute atomic E-state index is 0.0548. The first-order valence-electron chi connectivity index (χ1n) is 3.45. The van der Waals surface area contributed by atoms with Crippen molar-refractivity contribution < 1.29 is 17.9 Å². The molecular formula is C7H5F3INO2. The molecule has 0 atom stereocenters. The lowest BCUT2D eigenvalue weighted by Gasteiger charge is -2.10. The Bertz CT molecular complexity index is 399. The molecule has 0 aliphatic carbocycles. The molecule has 1 heterocycles. The third-order valence-corrected chi connectivity index (χ3v) is 1.93. The Hall–Kier alpha value is -0.730. The van der Waals surface area contributed by atoms with Crippen molar-refractivity contribution in [2.45, 2.75) is 13.3 Å². The van der Waals surface area contributed by atoms with Crippen LogP contribution >= 0.6 is 22.6 Å². The van der Waals surface area contributed by atoms with E-state index in [-0.39, 0.29) is 5.69 Å². The van der Waals surface area contributed by atoms with Crippen LogP contribution in [-0.2, 0) is 0 Å². The van der Waals surface area contributed by atoms with Gasteiger partial charge in [-0.25, -0.2) is 0 Å². The smallest absolute Gasteiger partial charge is 0.400 e. The van der Waals surface area contributed by atoms with E-state index in [9.17, 15) is 18.0 Å². The second-order valence-electron chi connectivity index (χ2n) is 2.48. The summed E-state index contributed by atoms with van der Waals surface area (Å²) in [5, 5.41) is 0.